The van der Waals surface area contributed by atoms with E-state index in [1.807, 2.05) is 249 Å². The van der Waals surface area contributed by atoms with Gasteiger partial charge in [-0.05, 0) is 61.3 Å². The summed E-state index contributed by atoms with van der Waals surface area (Å²) in [6, 6.07) is 106. The summed E-state index contributed by atoms with van der Waals surface area (Å²) in [6.07, 6.45) is 11.5. The Morgan fingerprint density at radius 2 is 0.664 bits per heavy atom. The molecular weight excluding hydrogens is 2170 g/mol. The summed E-state index contributed by atoms with van der Waals surface area (Å²) in [5, 5.41) is 34.0. The SMILES string of the molecule is CN=Cc1ccccc1O.Cc1n[n-]c(-c2ccccn2)n1.O=C(O)c1ccccn1.O=Cc1ccccc1O.[Ir].[Ir].[Ir].[Ir].[c-]1ccccc1-c1ncnc(-c2ccccc2)n1.[c-]1ccccc1-c1ncnc(-c2ccccc2)n1.[c-]1ccccc1-c1ncnc(-c2ccccc2)n1.[c-]1ccccc1-c1ncnc(-c2ccccc2)n1. The fourth-order valence-corrected chi connectivity index (χ4v) is 9.47. The van der Waals surface area contributed by atoms with Gasteiger partial charge in [0.2, 0.25) is 0 Å². The summed E-state index contributed by atoms with van der Waals surface area (Å²) in [6.45, 7) is 1.80. The second kappa shape index (κ2) is 51.4. The van der Waals surface area contributed by atoms with Crippen LogP contribution in [0.1, 0.15) is 32.2 Å². The van der Waals surface area contributed by atoms with Crippen molar-refractivity contribution in [1.29, 1.82) is 0 Å². The van der Waals surface area contributed by atoms with Crippen LogP contribution >= 0.6 is 0 Å². The minimum Gasteiger partial charge on any atom is -0.507 e. The molecule has 0 unspecified atom stereocenters. The number of hydrogen-bond acceptors (Lipinski definition) is 21. The predicted octanol–water partition coefficient (Wildman–Crippen LogP) is 16.2. The van der Waals surface area contributed by atoms with Crippen LogP contribution < -0.4 is 5.10 Å². The number of aliphatic imine (C=N–C) groups is 1. The minimum absolute atomic E-state index is 0. The Morgan fingerprint density at radius 3 is 0.922 bits per heavy atom. The smallest absolute Gasteiger partial charge is 0.354 e. The van der Waals surface area contributed by atoms with Gasteiger partial charge in [0.15, 0.2) is 29.6 Å². The van der Waals surface area contributed by atoms with E-state index in [0.29, 0.717) is 70.1 Å². The molecule has 0 fully saturated rings. The molecule has 27 heteroatoms. The first-order chi connectivity index (χ1) is 55.1. The topological polar surface area (TPSA) is 328 Å². The second-order valence-corrected chi connectivity index (χ2v) is 22.6. The van der Waals surface area contributed by atoms with Crippen LogP contribution in [0.3, 0.4) is 0 Å². The number of hydrogen-bond donors (Lipinski definition) is 3. The van der Waals surface area contributed by atoms with Gasteiger partial charge in [0.05, 0.1) is 34.6 Å². The molecule has 4 radical (unpaired) electrons. The van der Waals surface area contributed by atoms with Gasteiger partial charge in [0.1, 0.15) is 42.5 Å². The van der Waals surface area contributed by atoms with Gasteiger partial charge in [0, 0.05) is 140 Å². The molecule has 7 heterocycles. The maximum absolute atomic E-state index is 10.1. The molecule has 7 aromatic heterocycles. The average molecular weight is 2240 g/mol. The number of carboxylic acid groups (broad SMARTS) is 1. The molecule has 0 saturated carbocycles. The van der Waals surface area contributed by atoms with Gasteiger partial charge in [-0.25, -0.2) is 29.7 Å². The number of aldehydes is 1. The van der Waals surface area contributed by atoms with Crippen molar-refractivity contribution >= 4 is 18.5 Å². The number of carbonyl (C=O) groups excluding carboxylic acids is 1. The largest absolute Gasteiger partial charge is 0.507 e. The second-order valence-electron chi connectivity index (χ2n) is 22.6. The molecule has 0 saturated heterocycles. The molecule has 17 aromatic rings. The first-order valence-corrected chi connectivity index (χ1v) is 34.3. The summed E-state index contributed by atoms with van der Waals surface area (Å²) in [7, 11) is 1.67. The van der Waals surface area contributed by atoms with E-state index >= 15 is 0 Å². The molecule has 10 aromatic carbocycles. The fraction of sp³-hybridized carbons (Fsp3) is 0.0225. The number of carboxylic acids is 1. The summed E-state index contributed by atoms with van der Waals surface area (Å²) in [5.74, 6) is 5.87. The minimum atomic E-state index is -0.990. The molecule has 116 heavy (non-hydrogen) atoms. The van der Waals surface area contributed by atoms with Gasteiger partial charge in [0.25, 0.3) is 0 Å². The number of aromatic hydroxyl groups is 2. The Bertz CT molecular complexity index is 4960. The summed E-state index contributed by atoms with van der Waals surface area (Å²) < 4.78 is 0. The van der Waals surface area contributed by atoms with Crippen LogP contribution in [0.5, 0.6) is 11.5 Å². The number of rotatable bonds is 12. The number of benzene rings is 10. The standard InChI is InChI=1S/4C15H10N3.C8H7N4.C8H9NO.C7H6O2.C6H5NO2.4Ir/c4*1-3-7-12(8-4-1)14-16-11-17-15(18-14)13-9-5-2-6-10-13;1-6-10-8(12-11-6)7-4-2-3-5-9-7;1-9-6-7-4-2-3-5-8(7)10;8-5-6-3-1-2-4-7(6)9;8-6(9)5-3-1-2-4-7-5;;;;/h4*1-9,11H;2-5H,1H3;2-6,10H,1H3;1-5,9H;1-4H,(H,8,9);;;;/q5*-1;;;;;;;. The number of phenols is 2. The van der Waals surface area contributed by atoms with Crippen molar-refractivity contribution in [3.8, 4) is 114 Å². The van der Waals surface area contributed by atoms with E-state index in [0.717, 1.165) is 55.8 Å². The number of para-hydroxylation sites is 2. The third-order valence-electron chi connectivity index (χ3n) is 14.8. The molecule has 23 nitrogen and oxygen atoms in total. The number of carbonyl (C=O) groups is 2. The van der Waals surface area contributed by atoms with Crippen molar-refractivity contribution in [2.75, 3.05) is 7.05 Å². The summed E-state index contributed by atoms with van der Waals surface area (Å²) >= 11 is 0. The van der Waals surface area contributed by atoms with Crippen molar-refractivity contribution in [3.05, 3.63) is 388 Å². The van der Waals surface area contributed by atoms with E-state index in [9.17, 15) is 9.59 Å². The number of aromatic nitrogens is 17. The van der Waals surface area contributed by atoms with Crippen LogP contribution in [-0.2, 0) is 80.4 Å². The molecule has 0 aliphatic carbocycles. The Kier molecular flexibility index (Phi) is 40.5. The zero-order valence-electron chi connectivity index (χ0n) is 61.5. The third kappa shape index (κ3) is 30.0. The van der Waals surface area contributed by atoms with Gasteiger partial charge < -0.3 is 25.4 Å². The van der Waals surface area contributed by atoms with Crippen LogP contribution in [0.15, 0.2) is 346 Å². The van der Waals surface area contributed by atoms with E-state index in [4.69, 9.17) is 15.3 Å². The van der Waals surface area contributed by atoms with Crippen LogP contribution in [-0.4, -0.2) is 121 Å². The Hall–Kier alpha value is -13.3. The van der Waals surface area contributed by atoms with Crippen LogP contribution in [0.4, 0.5) is 0 Å². The normalized spacial score (nSPS) is 9.67. The number of aryl methyl sites for hydroxylation is 1. The van der Waals surface area contributed by atoms with Crippen molar-refractivity contribution in [1.82, 2.24) is 85.0 Å². The summed E-state index contributed by atoms with van der Waals surface area (Å²) in [4.78, 5) is 87.1. The van der Waals surface area contributed by atoms with Gasteiger partial charge >= 0.3 is 5.97 Å². The molecule has 0 spiro atoms. The molecular formula is C89H67Ir4N18O5-5. The van der Waals surface area contributed by atoms with Gasteiger partial charge in [-0.3, -0.25) is 59.7 Å². The van der Waals surface area contributed by atoms with Crippen molar-refractivity contribution < 1.29 is 105 Å². The molecule has 0 bridgehead atoms. The molecule has 584 valence electrons. The molecule has 0 amide bonds. The van der Waals surface area contributed by atoms with Gasteiger partial charge in [-0.2, -0.15) is 0 Å². The van der Waals surface area contributed by atoms with E-state index in [1.165, 1.54) is 43.6 Å². The molecule has 0 atom stereocenters. The monoisotopic (exact) mass is 2240 g/mol. The Balaban J connectivity index is 0.000000208. The van der Waals surface area contributed by atoms with Gasteiger partial charge in [-0.15, -0.1) is 144 Å². The number of pyridine rings is 2. The van der Waals surface area contributed by atoms with E-state index in [-0.39, 0.29) is 97.6 Å². The average Bonchev–Trinajstić information content (AvgIpc) is 1.18. The molecule has 17 rings (SSSR count). The first-order valence-electron chi connectivity index (χ1n) is 34.3. The van der Waals surface area contributed by atoms with Crippen LogP contribution in [0, 0.1) is 31.2 Å². The maximum atomic E-state index is 10.1. The number of nitrogens with zero attached hydrogens (tertiary/aromatic N) is 18. The zero-order valence-corrected chi connectivity index (χ0v) is 71.1. The van der Waals surface area contributed by atoms with Crippen molar-refractivity contribution in [3.63, 3.8) is 0 Å². The van der Waals surface area contributed by atoms with Crippen molar-refractivity contribution in [2.45, 2.75) is 6.92 Å². The van der Waals surface area contributed by atoms with Gasteiger partial charge in [-0.1, -0.05) is 158 Å². The number of phenolic OH excluding ortho intramolecular Hbond substituents is 2. The third-order valence-corrected chi connectivity index (χ3v) is 14.8. The Morgan fingerprint density at radius 1 is 0.353 bits per heavy atom. The maximum Gasteiger partial charge on any atom is 0.354 e. The van der Waals surface area contributed by atoms with E-state index in [1.54, 1.807) is 68.8 Å². The first kappa shape index (κ1) is 91.6. The zero-order chi connectivity index (χ0) is 78.0. The fourth-order valence-electron chi connectivity index (χ4n) is 9.47. The molecule has 0 aliphatic rings. The van der Waals surface area contributed by atoms with Crippen LogP contribution in [0.25, 0.3) is 103 Å². The van der Waals surface area contributed by atoms with Crippen molar-refractivity contribution in [2.24, 2.45) is 4.99 Å². The van der Waals surface area contributed by atoms with E-state index in [2.05, 4.69) is 114 Å². The molecule has 3 N–H and O–H groups in total. The number of aromatic carboxylic acids is 1. The molecule has 0 aliphatic heterocycles. The van der Waals surface area contributed by atoms with Crippen LogP contribution in [0.2, 0.25) is 0 Å². The Labute approximate surface area is 723 Å². The predicted molar refractivity (Wildman–Crippen MR) is 428 cm³/mol. The van der Waals surface area contributed by atoms with E-state index < -0.39 is 5.97 Å². The quantitative estimate of drug-likeness (QED) is 0.0581. The summed E-state index contributed by atoms with van der Waals surface area (Å²) in [5.41, 5.74) is 9.35.